The normalized spacial score (nSPS) is 14.6. The largest absolute Gasteiger partial charge is 0.460 e. The van der Waals surface area contributed by atoms with Crippen molar-refractivity contribution in [3.63, 3.8) is 0 Å². The van der Waals surface area contributed by atoms with Crippen molar-refractivity contribution in [2.45, 2.75) is 19.6 Å². The van der Waals surface area contributed by atoms with Gasteiger partial charge in [0.05, 0.1) is 0 Å². The van der Waals surface area contributed by atoms with Crippen LogP contribution in [0.4, 0.5) is 0 Å². The quantitative estimate of drug-likeness (QED) is 0.454. The Bertz CT molecular complexity index is 60.0. The van der Waals surface area contributed by atoms with Crippen LogP contribution in [0, 0.1) is 0 Å². The van der Waals surface area contributed by atoms with Gasteiger partial charge in [-0.2, -0.15) is 0 Å². The van der Waals surface area contributed by atoms with Crippen molar-refractivity contribution >= 4 is 29.7 Å². The Labute approximate surface area is 59.5 Å². The van der Waals surface area contributed by atoms with Gasteiger partial charge in [0.15, 0.2) is 18.1 Å². The maximum absolute atomic E-state index is 5.56. The summed E-state index contributed by atoms with van der Waals surface area (Å²) in [5.74, 6) is 0. The van der Waals surface area contributed by atoms with Crippen LogP contribution in [0.5, 0.6) is 0 Å². The van der Waals surface area contributed by atoms with Crippen molar-refractivity contribution in [1.82, 2.24) is 0 Å². The Kier molecular flexibility index (Phi) is 4.94. The molecule has 0 N–H and O–H groups in total. The Morgan fingerprint density at radius 3 is 2.00 bits per heavy atom. The van der Waals surface area contributed by atoms with Crippen LogP contribution < -0.4 is 0 Å². The maximum Gasteiger partial charge on any atom is 0.174 e. The molecule has 1 unspecified atom stereocenters. The van der Waals surface area contributed by atoms with Crippen molar-refractivity contribution in [2.75, 3.05) is 5.50 Å². The summed E-state index contributed by atoms with van der Waals surface area (Å²) in [5.41, 5.74) is 0.755. The summed E-state index contributed by atoms with van der Waals surface area (Å²) in [5, 5.41) is 0. The monoisotopic (exact) mass is 168 g/mol. The zero-order valence-electron chi connectivity index (χ0n) is 5.65. The molecular weight excluding hydrogens is 156 g/mol. The van der Waals surface area contributed by atoms with E-state index in [-0.39, 0.29) is 0 Å². The number of halogens is 1. The van der Waals surface area contributed by atoms with Gasteiger partial charge in [0.2, 0.25) is 0 Å². The summed E-state index contributed by atoms with van der Waals surface area (Å²) in [6, 6.07) is 0. The lowest BCUT2D eigenvalue weighted by Gasteiger charge is -2.10. The molecule has 0 aromatic carbocycles. The minimum Gasteiger partial charge on any atom is -0.460 e. The van der Waals surface area contributed by atoms with Crippen LogP contribution >= 0.6 is 11.6 Å². The lowest BCUT2D eigenvalue weighted by atomic mass is 11.9. The van der Waals surface area contributed by atoms with Crippen LogP contribution in [0.1, 0.15) is 0 Å². The van der Waals surface area contributed by atoms with Gasteiger partial charge in [-0.15, -0.1) is 11.6 Å². The van der Waals surface area contributed by atoms with E-state index in [4.69, 9.17) is 15.7 Å². The van der Waals surface area contributed by atoms with Crippen molar-refractivity contribution < 1.29 is 4.12 Å². The fraction of sp³-hybridized carbons (Fsp3) is 1.00. The number of alkyl halides is 1. The molecule has 0 rings (SSSR count). The van der Waals surface area contributed by atoms with E-state index in [1.807, 2.05) is 0 Å². The zero-order valence-corrected chi connectivity index (χ0v) is 8.71. The molecular formula is C4H13ClOSi2. The molecule has 0 fully saturated rings. The van der Waals surface area contributed by atoms with E-state index in [1.54, 1.807) is 0 Å². The van der Waals surface area contributed by atoms with Gasteiger partial charge in [-0.25, -0.2) is 0 Å². The number of hydrogen-bond donors (Lipinski definition) is 0. The van der Waals surface area contributed by atoms with Crippen molar-refractivity contribution in [1.29, 1.82) is 0 Å². The standard InChI is InChI=1S/C4H13ClOSi2/c1-7(2)6-8(3)4-5/h7-8H,4H2,1-3H3. The highest BCUT2D eigenvalue weighted by Crippen LogP contribution is 1.91. The molecule has 0 radical (unpaired) electrons. The van der Waals surface area contributed by atoms with Gasteiger partial charge < -0.3 is 4.12 Å². The molecule has 0 aromatic rings. The molecule has 0 aromatic heterocycles. The third kappa shape index (κ3) is 4.83. The highest BCUT2D eigenvalue weighted by atomic mass is 35.5. The molecule has 50 valence electrons. The van der Waals surface area contributed by atoms with Crippen molar-refractivity contribution in [3.05, 3.63) is 0 Å². The second kappa shape index (κ2) is 4.55. The van der Waals surface area contributed by atoms with E-state index >= 15 is 0 Å². The highest BCUT2D eigenvalue weighted by molar-refractivity contribution is 6.68. The molecule has 0 aliphatic heterocycles. The molecule has 0 saturated heterocycles. The summed E-state index contributed by atoms with van der Waals surface area (Å²) in [7, 11) is -1.68. The lowest BCUT2D eigenvalue weighted by Crippen LogP contribution is -2.23. The fourth-order valence-corrected chi connectivity index (χ4v) is 5.16. The Hall–Kier alpha value is 0.684. The van der Waals surface area contributed by atoms with E-state index in [1.165, 1.54) is 0 Å². The van der Waals surface area contributed by atoms with Gasteiger partial charge in [-0.3, -0.25) is 0 Å². The first-order valence-corrected chi connectivity index (χ1v) is 8.64. The average molecular weight is 169 g/mol. The highest BCUT2D eigenvalue weighted by Gasteiger charge is 2.03. The number of hydrogen-bond acceptors (Lipinski definition) is 1. The second-order valence-electron chi connectivity index (χ2n) is 2.15. The maximum atomic E-state index is 5.56. The van der Waals surface area contributed by atoms with Gasteiger partial charge in [0.25, 0.3) is 0 Å². The van der Waals surface area contributed by atoms with Gasteiger partial charge >= 0.3 is 0 Å². The van der Waals surface area contributed by atoms with E-state index in [9.17, 15) is 0 Å². The molecule has 8 heavy (non-hydrogen) atoms. The van der Waals surface area contributed by atoms with Crippen LogP contribution in [0.25, 0.3) is 0 Å². The molecule has 4 heteroatoms. The van der Waals surface area contributed by atoms with Gasteiger partial charge in [0, 0.05) is 5.50 Å². The molecule has 0 amide bonds. The molecule has 1 atom stereocenters. The SMILES string of the molecule is C[SiH](C)O[SiH](C)CCl. The van der Waals surface area contributed by atoms with E-state index < -0.39 is 18.1 Å². The summed E-state index contributed by atoms with van der Waals surface area (Å²) < 4.78 is 5.55. The number of rotatable bonds is 3. The summed E-state index contributed by atoms with van der Waals surface area (Å²) >= 11 is 5.56. The first-order valence-electron chi connectivity index (χ1n) is 2.88. The van der Waals surface area contributed by atoms with Crippen LogP contribution in [0.2, 0.25) is 19.6 Å². The van der Waals surface area contributed by atoms with Gasteiger partial charge in [-0.1, -0.05) is 0 Å². The van der Waals surface area contributed by atoms with E-state index in [2.05, 4.69) is 19.6 Å². The van der Waals surface area contributed by atoms with Gasteiger partial charge in [0.1, 0.15) is 0 Å². The van der Waals surface area contributed by atoms with E-state index in [0.29, 0.717) is 0 Å². The van der Waals surface area contributed by atoms with Crippen molar-refractivity contribution in [2.24, 2.45) is 0 Å². The first kappa shape index (κ1) is 8.68. The Morgan fingerprint density at radius 1 is 1.38 bits per heavy atom. The van der Waals surface area contributed by atoms with Crippen LogP contribution in [-0.2, 0) is 4.12 Å². The third-order valence-electron chi connectivity index (χ3n) is 0.722. The van der Waals surface area contributed by atoms with Crippen molar-refractivity contribution in [3.8, 4) is 0 Å². The molecule has 0 saturated carbocycles. The predicted octanol–water partition coefficient (Wildman–Crippen LogP) is 1.12. The summed E-state index contributed by atoms with van der Waals surface area (Å²) in [6.07, 6.45) is 0. The zero-order chi connectivity index (χ0) is 6.57. The Balaban J connectivity index is 3.10. The molecule has 0 heterocycles. The summed E-state index contributed by atoms with van der Waals surface area (Å²) in [6.45, 7) is 6.49. The molecule has 0 spiro atoms. The topological polar surface area (TPSA) is 9.23 Å². The van der Waals surface area contributed by atoms with Crippen LogP contribution in [0.3, 0.4) is 0 Å². The molecule has 0 bridgehead atoms. The van der Waals surface area contributed by atoms with Crippen LogP contribution in [-0.4, -0.2) is 23.6 Å². The van der Waals surface area contributed by atoms with Crippen LogP contribution in [0.15, 0.2) is 0 Å². The molecule has 0 aliphatic rings. The van der Waals surface area contributed by atoms with Gasteiger partial charge in [-0.05, 0) is 19.6 Å². The minimum absolute atomic E-state index is 0.755. The second-order valence-corrected chi connectivity index (χ2v) is 8.19. The predicted molar refractivity (Wildman–Crippen MR) is 43.7 cm³/mol. The average Bonchev–Trinajstić information content (AvgIpc) is 1.65. The minimum atomic E-state index is -0.912. The summed E-state index contributed by atoms with van der Waals surface area (Å²) in [4.78, 5) is 0. The first-order chi connectivity index (χ1) is 3.66. The molecule has 1 nitrogen and oxygen atoms in total. The smallest absolute Gasteiger partial charge is 0.174 e. The lowest BCUT2D eigenvalue weighted by molar-refractivity contribution is 0.607. The fourth-order valence-electron chi connectivity index (χ4n) is 0.501. The molecule has 0 aliphatic carbocycles. The third-order valence-corrected chi connectivity index (χ3v) is 6.50. The Morgan fingerprint density at radius 2 is 1.88 bits per heavy atom. The van der Waals surface area contributed by atoms with E-state index in [0.717, 1.165) is 5.50 Å².